The quantitative estimate of drug-likeness (QED) is 0.534. The lowest BCUT2D eigenvalue weighted by Crippen LogP contribution is -2.20. The van der Waals surface area contributed by atoms with Crippen LogP contribution < -0.4 is 4.90 Å². The van der Waals surface area contributed by atoms with Gasteiger partial charge in [-0.1, -0.05) is 0 Å². The smallest absolute Gasteiger partial charge is 0.271 e. The van der Waals surface area contributed by atoms with Crippen LogP contribution in [0.2, 0.25) is 0 Å². The van der Waals surface area contributed by atoms with Crippen molar-refractivity contribution in [3.8, 4) is 0 Å². The Hall–Kier alpha value is -1.82. The Morgan fingerprint density at radius 1 is 1.55 bits per heavy atom. The van der Waals surface area contributed by atoms with Crippen LogP contribution in [0.15, 0.2) is 18.2 Å². The van der Waals surface area contributed by atoms with Gasteiger partial charge in [0, 0.05) is 31.1 Å². The van der Waals surface area contributed by atoms with Gasteiger partial charge in [0.2, 0.25) is 5.95 Å². The van der Waals surface area contributed by atoms with Crippen LogP contribution in [0.5, 0.6) is 0 Å². The minimum atomic E-state index is -0.397. The van der Waals surface area contributed by atoms with E-state index in [1.54, 1.807) is 6.07 Å². The van der Waals surface area contributed by atoms with Crippen LogP contribution in [0.4, 0.5) is 11.6 Å². The summed E-state index contributed by atoms with van der Waals surface area (Å²) in [6.45, 7) is 1.89. The summed E-state index contributed by atoms with van der Waals surface area (Å²) in [5, 5.41) is 10.8. The number of alkyl halides is 1. The average Bonchev–Trinajstić information content (AvgIpc) is 3.03. The third kappa shape index (κ3) is 2.43. The molecular weight excluding hydrogens is 280 g/mol. The molecule has 0 spiro atoms. The number of aromatic amines is 1. The number of anilines is 1. The van der Waals surface area contributed by atoms with Crippen molar-refractivity contribution in [3.05, 3.63) is 28.3 Å². The summed E-state index contributed by atoms with van der Waals surface area (Å²) >= 11 is 5.78. The highest BCUT2D eigenvalue weighted by Crippen LogP contribution is 2.27. The fourth-order valence-electron chi connectivity index (χ4n) is 2.66. The summed E-state index contributed by atoms with van der Waals surface area (Å²) in [4.78, 5) is 20.2. The van der Waals surface area contributed by atoms with Crippen molar-refractivity contribution in [1.82, 2.24) is 9.97 Å². The number of imidazole rings is 1. The standard InChI is InChI=1S/C13H15ClN4O2/c14-5-3-9-4-6-17(8-9)13-15-11-2-1-10(18(19)20)7-12(11)16-13/h1-2,7,9H,3-6,8H2,(H,15,16). The van der Waals surface area contributed by atoms with Crippen molar-refractivity contribution >= 4 is 34.3 Å². The Bertz CT molecular complexity index is 642. The van der Waals surface area contributed by atoms with Gasteiger partial charge in [-0.3, -0.25) is 10.1 Å². The normalized spacial score (nSPS) is 18.9. The number of nitro groups is 1. The van der Waals surface area contributed by atoms with E-state index in [4.69, 9.17) is 11.6 Å². The van der Waals surface area contributed by atoms with E-state index in [2.05, 4.69) is 14.9 Å². The molecule has 0 saturated carbocycles. The average molecular weight is 295 g/mol. The first-order valence-electron chi connectivity index (χ1n) is 6.62. The molecule has 0 radical (unpaired) electrons. The van der Waals surface area contributed by atoms with Crippen LogP contribution in [0.25, 0.3) is 11.0 Å². The molecule has 1 aliphatic rings. The Labute approximate surface area is 120 Å². The highest BCUT2D eigenvalue weighted by atomic mass is 35.5. The second-order valence-corrected chi connectivity index (χ2v) is 5.48. The van der Waals surface area contributed by atoms with Crippen molar-refractivity contribution in [2.75, 3.05) is 23.9 Å². The molecule has 1 unspecified atom stereocenters. The number of fused-ring (bicyclic) bond motifs is 1. The SMILES string of the molecule is O=[N+]([O-])c1ccc2nc(N3CCC(CCCl)C3)[nH]c2c1. The van der Waals surface area contributed by atoms with E-state index < -0.39 is 4.92 Å². The molecule has 0 bridgehead atoms. The van der Waals surface area contributed by atoms with Crippen LogP contribution in [0, 0.1) is 16.0 Å². The molecule has 1 aliphatic heterocycles. The van der Waals surface area contributed by atoms with Crippen LogP contribution >= 0.6 is 11.6 Å². The van der Waals surface area contributed by atoms with Gasteiger partial charge in [-0.05, 0) is 24.8 Å². The summed E-state index contributed by atoms with van der Waals surface area (Å²) < 4.78 is 0. The van der Waals surface area contributed by atoms with Gasteiger partial charge in [0.15, 0.2) is 0 Å². The minimum Gasteiger partial charge on any atom is -0.342 e. The maximum absolute atomic E-state index is 10.8. The molecule has 0 aliphatic carbocycles. The summed E-state index contributed by atoms with van der Waals surface area (Å²) in [5.74, 6) is 2.08. The lowest BCUT2D eigenvalue weighted by molar-refractivity contribution is -0.384. The lowest BCUT2D eigenvalue weighted by atomic mass is 10.1. The van der Waals surface area contributed by atoms with Crippen molar-refractivity contribution in [2.24, 2.45) is 5.92 Å². The first-order valence-corrected chi connectivity index (χ1v) is 7.16. The Morgan fingerprint density at radius 2 is 2.40 bits per heavy atom. The number of halogens is 1. The second-order valence-electron chi connectivity index (χ2n) is 5.10. The number of nitrogens with one attached hydrogen (secondary N) is 1. The van der Waals surface area contributed by atoms with Crippen molar-refractivity contribution in [2.45, 2.75) is 12.8 Å². The van der Waals surface area contributed by atoms with E-state index in [0.29, 0.717) is 17.3 Å². The fraction of sp³-hybridized carbons (Fsp3) is 0.462. The third-order valence-corrected chi connectivity index (χ3v) is 3.98. The van der Waals surface area contributed by atoms with Gasteiger partial charge >= 0.3 is 0 Å². The molecule has 1 aromatic heterocycles. The second kappa shape index (κ2) is 5.28. The fourth-order valence-corrected chi connectivity index (χ4v) is 2.97. The van der Waals surface area contributed by atoms with Crippen molar-refractivity contribution in [1.29, 1.82) is 0 Å². The number of rotatable bonds is 4. The van der Waals surface area contributed by atoms with Gasteiger partial charge in [-0.25, -0.2) is 4.98 Å². The molecule has 7 heteroatoms. The molecule has 20 heavy (non-hydrogen) atoms. The topological polar surface area (TPSA) is 75.1 Å². The van der Waals surface area contributed by atoms with Gasteiger partial charge in [0.25, 0.3) is 5.69 Å². The van der Waals surface area contributed by atoms with E-state index >= 15 is 0 Å². The van der Waals surface area contributed by atoms with Gasteiger partial charge in [-0.15, -0.1) is 11.6 Å². The summed E-state index contributed by atoms with van der Waals surface area (Å²) in [5.41, 5.74) is 1.54. The number of aromatic nitrogens is 2. The van der Waals surface area contributed by atoms with Crippen LogP contribution in [-0.2, 0) is 0 Å². The summed E-state index contributed by atoms with van der Waals surface area (Å²) in [7, 11) is 0. The zero-order valence-corrected chi connectivity index (χ0v) is 11.6. The Kier molecular flexibility index (Phi) is 3.48. The molecule has 1 atom stereocenters. The minimum absolute atomic E-state index is 0.0779. The maximum Gasteiger partial charge on any atom is 0.271 e. The number of nitro benzene ring substituents is 1. The van der Waals surface area contributed by atoms with Crippen molar-refractivity contribution in [3.63, 3.8) is 0 Å². The van der Waals surface area contributed by atoms with Crippen LogP contribution in [0.3, 0.4) is 0 Å². The maximum atomic E-state index is 10.8. The van der Waals surface area contributed by atoms with Gasteiger partial charge in [-0.2, -0.15) is 0 Å². The largest absolute Gasteiger partial charge is 0.342 e. The van der Waals surface area contributed by atoms with Gasteiger partial charge < -0.3 is 9.88 Å². The molecule has 0 amide bonds. The van der Waals surface area contributed by atoms with Crippen LogP contribution in [-0.4, -0.2) is 33.9 Å². The van der Waals surface area contributed by atoms with Gasteiger partial charge in [0.05, 0.1) is 16.0 Å². The van der Waals surface area contributed by atoms with E-state index in [1.165, 1.54) is 12.1 Å². The number of hydrogen-bond acceptors (Lipinski definition) is 4. The Balaban J connectivity index is 1.84. The predicted octanol–water partition coefficient (Wildman–Crippen LogP) is 2.93. The molecule has 6 nitrogen and oxygen atoms in total. The summed E-state index contributed by atoms with van der Waals surface area (Å²) in [6.07, 6.45) is 2.13. The first-order chi connectivity index (χ1) is 9.67. The van der Waals surface area contributed by atoms with Crippen LogP contribution in [0.1, 0.15) is 12.8 Å². The van der Waals surface area contributed by atoms with Gasteiger partial charge in [0.1, 0.15) is 0 Å². The molecule has 2 aromatic rings. The summed E-state index contributed by atoms with van der Waals surface area (Å²) in [6, 6.07) is 4.69. The Morgan fingerprint density at radius 3 is 3.15 bits per heavy atom. The molecule has 1 N–H and O–H groups in total. The highest BCUT2D eigenvalue weighted by Gasteiger charge is 2.24. The number of hydrogen-bond donors (Lipinski definition) is 1. The number of benzene rings is 1. The third-order valence-electron chi connectivity index (χ3n) is 3.77. The molecule has 106 valence electrons. The highest BCUT2D eigenvalue weighted by molar-refractivity contribution is 6.17. The molecule has 1 saturated heterocycles. The lowest BCUT2D eigenvalue weighted by Gasteiger charge is -2.14. The van der Waals surface area contributed by atoms with E-state index in [-0.39, 0.29) is 5.69 Å². The molecule has 3 rings (SSSR count). The molecule has 1 aromatic carbocycles. The number of non-ortho nitro benzene ring substituents is 1. The first kappa shape index (κ1) is 13.2. The predicted molar refractivity (Wildman–Crippen MR) is 78.4 cm³/mol. The number of H-pyrrole nitrogens is 1. The zero-order valence-electron chi connectivity index (χ0n) is 10.9. The van der Waals surface area contributed by atoms with E-state index in [1.807, 2.05) is 0 Å². The number of nitrogens with zero attached hydrogens (tertiary/aromatic N) is 3. The molecule has 2 heterocycles. The molecular formula is C13H15ClN4O2. The van der Waals surface area contributed by atoms with E-state index in [0.717, 1.165) is 37.4 Å². The van der Waals surface area contributed by atoms with Crippen molar-refractivity contribution < 1.29 is 4.92 Å². The monoisotopic (exact) mass is 294 g/mol. The molecule has 1 fully saturated rings. The van der Waals surface area contributed by atoms with E-state index in [9.17, 15) is 10.1 Å². The zero-order chi connectivity index (χ0) is 14.1.